The fourth-order valence-corrected chi connectivity index (χ4v) is 4.80. The minimum atomic E-state index is -0.773. The molecule has 27 heavy (non-hydrogen) atoms. The van der Waals surface area contributed by atoms with Crippen LogP contribution in [-0.4, -0.2) is 38.0 Å². The highest BCUT2D eigenvalue weighted by molar-refractivity contribution is 5.82. The van der Waals surface area contributed by atoms with Gasteiger partial charge in [-0.15, -0.1) is 0 Å². The van der Waals surface area contributed by atoms with Crippen LogP contribution in [0.15, 0.2) is 24.3 Å². The highest BCUT2D eigenvalue weighted by Crippen LogP contribution is 2.39. The average molecular weight is 369 g/mol. The lowest BCUT2D eigenvalue weighted by molar-refractivity contribution is -0.141. The molecule has 0 bridgehead atoms. The molecule has 2 fully saturated rings. The van der Waals surface area contributed by atoms with Crippen molar-refractivity contribution < 1.29 is 14.7 Å². The van der Waals surface area contributed by atoms with Gasteiger partial charge in [0.25, 0.3) is 0 Å². The predicted octanol–water partition coefficient (Wildman–Crippen LogP) is 3.78. The summed E-state index contributed by atoms with van der Waals surface area (Å²) in [7, 11) is 0. The van der Waals surface area contributed by atoms with E-state index in [1.54, 1.807) is 0 Å². The molecule has 6 nitrogen and oxygen atoms in total. The summed E-state index contributed by atoms with van der Waals surface area (Å²) in [5.74, 6) is -0.234. The standard InChI is InChI=1S/C21H27N3O3/c1-13(2)24-17-7-4-3-6-16(17)22-19(24)18-8-5-11-23(18)20(25)14-9-10-15(12-14)21(26)27/h3-4,6-7,13-15,18H,5,8-12H2,1-2H3,(H,26,27)/t14-,15+,18?/m1/s1. The number of carbonyl (C=O) groups excluding carboxylic acids is 1. The van der Waals surface area contributed by atoms with Crippen LogP contribution < -0.4 is 0 Å². The Morgan fingerprint density at radius 3 is 2.59 bits per heavy atom. The van der Waals surface area contributed by atoms with Gasteiger partial charge in [0.1, 0.15) is 5.82 Å². The lowest BCUT2D eigenvalue weighted by Gasteiger charge is -2.28. The number of carbonyl (C=O) groups is 2. The molecule has 1 aromatic carbocycles. The number of aromatic nitrogens is 2. The summed E-state index contributed by atoms with van der Waals surface area (Å²) in [6.07, 6.45) is 3.63. The van der Waals surface area contributed by atoms with Gasteiger partial charge in [0.05, 0.1) is 23.0 Å². The molecule has 2 aliphatic rings. The number of likely N-dealkylation sites (tertiary alicyclic amines) is 1. The van der Waals surface area contributed by atoms with Crippen LogP contribution >= 0.6 is 0 Å². The summed E-state index contributed by atoms with van der Waals surface area (Å²) in [6, 6.07) is 8.36. The fourth-order valence-electron chi connectivity index (χ4n) is 4.80. The zero-order chi connectivity index (χ0) is 19.1. The molecule has 144 valence electrons. The number of fused-ring (bicyclic) bond motifs is 1. The first kappa shape index (κ1) is 18.0. The third-order valence-corrected chi connectivity index (χ3v) is 6.10. The van der Waals surface area contributed by atoms with Gasteiger partial charge in [0, 0.05) is 18.5 Å². The molecule has 1 aromatic heterocycles. The second-order valence-corrected chi connectivity index (χ2v) is 8.16. The topological polar surface area (TPSA) is 75.4 Å². The zero-order valence-electron chi connectivity index (χ0n) is 16.0. The molecular formula is C21H27N3O3. The lowest BCUT2D eigenvalue weighted by Crippen LogP contribution is -2.36. The highest BCUT2D eigenvalue weighted by atomic mass is 16.4. The number of hydrogen-bond acceptors (Lipinski definition) is 3. The number of aliphatic carboxylic acids is 1. The van der Waals surface area contributed by atoms with Gasteiger partial charge in [-0.3, -0.25) is 9.59 Å². The maximum Gasteiger partial charge on any atom is 0.306 e. The lowest BCUT2D eigenvalue weighted by atomic mass is 10.0. The third-order valence-electron chi connectivity index (χ3n) is 6.10. The molecule has 1 aliphatic heterocycles. The Kier molecular flexibility index (Phi) is 4.66. The van der Waals surface area contributed by atoms with Crippen LogP contribution in [-0.2, 0) is 9.59 Å². The smallest absolute Gasteiger partial charge is 0.306 e. The van der Waals surface area contributed by atoms with E-state index in [-0.39, 0.29) is 29.8 Å². The van der Waals surface area contributed by atoms with Crippen molar-refractivity contribution in [3.8, 4) is 0 Å². The Hall–Kier alpha value is -2.37. The van der Waals surface area contributed by atoms with E-state index in [0.717, 1.165) is 36.2 Å². The van der Waals surface area contributed by atoms with E-state index < -0.39 is 5.97 Å². The molecule has 4 rings (SSSR count). The van der Waals surface area contributed by atoms with Crippen molar-refractivity contribution >= 4 is 22.9 Å². The number of para-hydroxylation sites is 2. The van der Waals surface area contributed by atoms with Gasteiger partial charge in [0.2, 0.25) is 5.91 Å². The van der Waals surface area contributed by atoms with E-state index >= 15 is 0 Å². The summed E-state index contributed by atoms with van der Waals surface area (Å²) in [5.41, 5.74) is 2.07. The number of benzene rings is 1. The molecule has 0 radical (unpaired) electrons. The predicted molar refractivity (Wildman–Crippen MR) is 102 cm³/mol. The van der Waals surface area contributed by atoms with Crippen molar-refractivity contribution in [3.05, 3.63) is 30.1 Å². The van der Waals surface area contributed by atoms with Crippen molar-refractivity contribution in [2.24, 2.45) is 11.8 Å². The first-order valence-electron chi connectivity index (χ1n) is 9.97. The number of rotatable bonds is 4. The Bertz CT molecular complexity index is 873. The summed E-state index contributed by atoms with van der Waals surface area (Å²) >= 11 is 0. The second kappa shape index (κ2) is 6.98. The maximum absolute atomic E-state index is 13.2. The molecular weight excluding hydrogens is 342 g/mol. The molecule has 6 heteroatoms. The maximum atomic E-state index is 13.2. The van der Waals surface area contributed by atoms with Crippen LogP contribution in [0, 0.1) is 11.8 Å². The van der Waals surface area contributed by atoms with Gasteiger partial charge in [0.15, 0.2) is 0 Å². The number of carboxylic acid groups (broad SMARTS) is 1. The highest BCUT2D eigenvalue weighted by Gasteiger charge is 2.41. The monoisotopic (exact) mass is 369 g/mol. The molecule has 3 atom stereocenters. The number of hydrogen-bond donors (Lipinski definition) is 1. The second-order valence-electron chi connectivity index (χ2n) is 8.16. The van der Waals surface area contributed by atoms with Gasteiger partial charge >= 0.3 is 5.97 Å². The summed E-state index contributed by atoms with van der Waals surface area (Å²) < 4.78 is 2.25. The molecule has 1 saturated carbocycles. The zero-order valence-corrected chi connectivity index (χ0v) is 16.0. The van der Waals surface area contributed by atoms with Crippen molar-refractivity contribution in [2.75, 3.05) is 6.54 Å². The molecule has 2 aromatic rings. The molecule has 2 heterocycles. The molecule has 1 unspecified atom stereocenters. The quantitative estimate of drug-likeness (QED) is 0.890. The molecule has 1 amide bonds. The van der Waals surface area contributed by atoms with E-state index in [2.05, 4.69) is 24.5 Å². The van der Waals surface area contributed by atoms with Gasteiger partial charge in [-0.2, -0.15) is 0 Å². The minimum absolute atomic E-state index is 0.0174. The normalized spacial score (nSPS) is 25.6. The van der Waals surface area contributed by atoms with Crippen LogP contribution in [0.3, 0.4) is 0 Å². The van der Waals surface area contributed by atoms with Gasteiger partial charge in [-0.1, -0.05) is 12.1 Å². The van der Waals surface area contributed by atoms with E-state index in [1.807, 2.05) is 23.1 Å². The SMILES string of the molecule is CC(C)n1c(C2CCCN2C(=O)[C@@H]2CC[C@H](C(=O)O)C2)nc2ccccc21. The van der Waals surface area contributed by atoms with Crippen molar-refractivity contribution in [1.29, 1.82) is 0 Å². The van der Waals surface area contributed by atoms with Gasteiger partial charge in [-0.05, 0) is 58.1 Å². The van der Waals surface area contributed by atoms with Crippen molar-refractivity contribution in [2.45, 2.75) is 58.0 Å². The Balaban J connectivity index is 1.64. The van der Waals surface area contributed by atoms with Crippen LogP contribution in [0.2, 0.25) is 0 Å². The fraction of sp³-hybridized carbons (Fsp3) is 0.571. The summed E-state index contributed by atoms with van der Waals surface area (Å²) in [4.78, 5) is 31.3. The van der Waals surface area contributed by atoms with Crippen LogP contribution in [0.1, 0.15) is 63.9 Å². The number of carboxylic acids is 1. The van der Waals surface area contributed by atoms with Crippen molar-refractivity contribution in [1.82, 2.24) is 14.5 Å². The summed E-state index contributed by atoms with van der Waals surface area (Å²) in [5, 5.41) is 9.25. The minimum Gasteiger partial charge on any atom is -0.481 e. The molecule has 0 spiro atoms. The number of amides is 1. The molecule has 1 N–H and O–H groups in total. The first-order chi connectivity index (χ1) is 13.0. The van der Waals surface area contributed by atoms with Crippen LogP contribution in [0.4, 0.5) is 0 Å². The Morgan fingerprint density at radius 1 is 1.15 bits per heavy atom. The molecule has 1 aliphatic carbocycles. The van der Waals surface area contributed by atoms with E-state index in [4.69, 9.17) is 4.98 Å². The Labute approximate surface area is 159 Å². The van der Waals surface area contributed by atoms with Crippen molar-refractivity contribution in [3.63, 3.8) is 0 Å². The van der Waals surface area contributed by atoms with Crippen LogP contribution in [0.25, 0.3) is 11.0 Å². The van der Waals surface area contributed by atoms with Gasteiger partial charge in [-0.25, -0.2) is 4.98 Å². The third kappa shape index (κ3) is 3.11. The molecule has 1 saturated heterocycles. The summed E-state index contributed by atoms with van der Waals surface area (Å²) in [6.45, 7) is 5.03. The Morgan fingerprint density at radius 2 is 1.89 bits per heavy atom. The number of imidazole rings is 1. The average Bonchev–Trinajstić information content (AvgIpc) is 3.36. The van der Waals surface area contributed by atoms with E-state index in [9.17, 15) is 14.7 Å². The van der Waals surface area contributed by atoms with E-state index in [0.29, 0.717) is 19.3 Å². The van der Waals surface area contributed by atoms with E-state index in [1.165, 1.54) is 0 Å². The first-order valence-corrected chi connectivity index (χ1v) is 9.97. The largest absolute Gasteiger partial charge is 0.481 e. The van der Waals surface area contributed by atoms with Gasteiger partial charge < -0.3 is 14.6 Å². The van der Waals surface area contributed by atoms with Crippen LogP contribution in [0.5, 0.6) is 0 Å². The number of nitrogens with zero attached hydrogens (tertiary/aromatic N) is 3.